The highest BCUT2D eigenvalue weighted by molar-refractivity contribution is 6.02. The van der Waals surface area contributed by atoms with Crippen LogP contribution in [0.1, 0.15) is 35.4 Å². The van der Waals surface area contributed by atoms with Crippen molar-refractivity contribution in [1.29, 1.82) is 0 Å². The first-order valence-electron chi connectivity index (χ1n) is 13.5. The first-order chi connectivity index (χ1) is 20.4. The van der Waals surface area contributed by atoms with Crippen molar-refractivity contribution in [3.63, 3.8) is 0 Å². The molecule has 8 N–H and O–H groups in total. The Hall–Kier alpha value is -3.25. The van der Waals surface area contributed by atoms with E-state index in [1.54, 1.807) is 6.07 Å². The molecular formula is C28H34O15. The van der Waals surface area contributed by atoms with Crippen LogP contribution in [0.5, 0.6) is 28.7 Å². The Bertz CT molecular complexity index is 1320. The Morgan fingerprint density at radius 2 is 1.60 bits per heavy atom. The van der Waals surface area contributed by atoms with Gasteiger partial charge in [-0.1, -0.05) is 0 Å². The molecule has 43 heavy (non-hydrogen) atoms. The lowest BCUT2D eigenvalue weighted by Gasteiger charge is -2.45. The summed E-state index contributed by atoms with van der Waals surface area (Å²) in [6.45, 7) is 0.698. The summed E-state index contributed by atoms with van der Waals surface area (Å²) >= 11 is 0. The van der Waals surface area contributed by atoms with Crippen molar-refractivity contribution in [2.45, 2.75) is 80.9 Å². The predicted molar refractivity (Wildman–Crippen MR) is 141 cm³/mol. The number of hydrogen-bond donors (Lipinski definition) is 8. The van der Waals surface area contributed by atoms with Crippen LogP contribution in [0, 0.1) is 0 Å². The Balaban J connectivity index is 1.42. The Kier molecular flexibility index (Phi) is 8.99. The SMILES string of the molecule is COc1cc(O)cc([C@@H]2CC(=O)c3c(O)cc(O[C@H]4O[C@@H](CO)[C@H](O)[C@@H](O)[C@@H]4O[C@@H]4O[C@H](C)[C@@H](O)[C@@H](O)[C@@H]4O)cc3O2)c1. The molecule has 236 valence electrons. The number of aromatic hydroxyl groups is 2. The number of aliphatic hydroxyl groups is 6. The summed E-state index contributed by atoms with van der Waals surface area (Å²) in [5, 5.41) is 82.4. The highest BCUT2D eigenvalue weighted by Gasteiger charge is 2.51. The molecular weight excluding hydrogens is 576 g/mol. The normalized spacial score (nSPS) is 36.0. The molecule has 3 heterocycles. The van der Waals surface area contributed by atoms with Gasteiger partial charge in [0.15, 0.2) is 18.2 Å². The van der Waals surface area contributed by atoms with Gasteiger partial charge in [0.05, 0.1) is 26.2 Å². The summed E-state index contributed by atoms with van der Waals surface area (Å²) in [5.41, 5.74) is 0.318. The van der Waals surface area contributed by atoms with E-state index < -0.39 is 85.7 Å². The number of methoxy groups -OCH3 is 1. The van der Waals surface area contributed by atoms with Crippen molar-refractivity contribution in [3.05, 3.63) is 41.5 Å². The molecule has 2 fully saturated rings. The van der Waals surface area contributed by atoms with E-state index >= 15 is 0 Å². The van der Waals surface area contributed by atoms with Gasteiger partial charge in [-0.2, -0.15) is 0 Å². The fourth-order valence-electron chi connectivity index (χ4n) is 5.29. The van der Waals surface area contributed by atoms with Gasteiger partial charge in [-0.3, -0.25) is 4.79 Å². The average molecular weight is 611 g/mol. The molecule has 0 radical (unpaired) electrons. The molecule has 0 spiro atoms. The van der Waals surface area contributed by atoms with Crippen LogP contribution in [0.25, 0.3) is 0 Å². The number of fused-ring (bicyclic) bond motifs is 1. The van der Waals surface area contributed by atoms with Crippen molar-refractivity contribution in [3.8, 4) is 28.7 Å². The summed E-state index contributed by atoms with van der Waals surface area (Å²) in [6, 6.07) is 6.75. The van der Waals surface area contributed by atoms with E-state index in [1.165, 1.54) is 32.2 Å². The molecule has 0 aliphatic carbocycles. The molecule has 0 saturated carbocycles. The third kappa shape index (κ3) is 6.08. The number of benzene rings is 2. The maximum atomic E-state index is 13.0. The first-order valence-corrected chi connectivity index (χ1v) is 13.5. The molecule has 0 bridgehead atoms. The number of Topliss-reactive ketones (excluding diaryl/α,β-unsaturated/α-hetero) is 1. The second-order valence-electron chi connectivity index (χ2n) is 10.6. The van der Waals surface area contributed by atoms with Crippen molar-refractivity contribution >= 4 is 5.78 Å². The molecule has 0 aromatic heterocycles. The Morgan fingerprint density at radius 3 is 2.30 bits per heavy atom. The van der Waals surface area contributed by atoms with Gasteiger partial charge in [-0.25, -0.2) is 0 Å². The predicted octanol–water partition coefficient (Wildman–Crippen LogP) is -1.16. The number of rotatable bonds is 7. The molecule has 5 rings (SSSR count). The number of phenolic OH excluding ortho intramolecular Hbond substituents is 2. The van der Waals surface area contributed by atoms with Gasteiger partial charge in [0.2, 0.25) is 6.29 Å². The van der Waals surface area contributed by atoms with E-state index in [-0.39, 0.29) is 29.2 Å². The van der Waals surface area contributed by atoms with Gasteiger partial charge < -0.3 is 69.3 Å². The average Bonchev–Trinajstić information content (AvgIpc) is 2.97. The van der Waals surface area contributed by atoms with E-state index in [1.807, 2.05) is 0 Å². The highest BCUT2D eigenvalue weighted by Crippen LogP contribution is 2.43. The Morgan fingerprint density at radius 1 is 0.860 bits per heavy atom. The van der Waals surface area contributed by atoms with Gasteiger partial charge in [0.25, 0.3) is 0 Å². The minimum absolute atomic E-state index is 0.0666. The van der Waals surface area contributed by atoms with Crippen LogP contribution in [0.4, 0.5) is 0 Å². The van der Waals surface area contributed by atoms with Gasteiger partial charge in [-0.15, -0.1) is 0 Å². The lowest BCUT2D eigenvalue weighted by Crippen LogP contribution is -2.64. The zero-order valence-electron chi connectivity index (χ0n) is 23.1. The molecule has 15 nitrogen and oxygen atoms in total. The largest absolute Gasteiger partial charge is 0.508 e. The van der Waals surface area contributed by atoms with E-state index in [0.29, 0.717) is 11.3 Å². The van der Waals surface area contributed by atoms with E-state index in [2.05, 4.69) is 0 Å². The maximum Gasteiger partial charge on any atom is 0.229 e. The second kappa shape index (κ2) is 12.4. The summed E-state index contributed by atoms with van der Waals surface area (Å²) in [6.07, 6.45) is -16.4. The van der Waals surface area contributed by atoms with Gasteiger partial charge in [0.1, 0.15) is 77.0 Å². The smallest absolute Gasteiger partial charge is 0.229 e. The minimum Gasteiger partial charge on any atom is -0.508 e. The van der Waals surface area contributed by atoms with Gasteiger partial charge in [-0.05, 0) is 19.1 Å². The van der Waals surface area contributed by atoms with Crippen molar-refractivity contribution < 1.29 is 74.1 Å². The fourth-order valence-corrected chi connectivity index (χ4v) is 5.29. The maximum absolute atomic E-state index is 13.0. The van der Waals surface area contributed by atoms with Crippen LogP contribution in [-0.2, 0) is 14.2 Å². The molecule has 15 heteroatoms. The molecule has 3 aliphatic rings. The number of ether oxygens (including phenoxy) is 6. The summed E-state index contributed by atoms with van der Waals surface area (Å²) in [5.74, 6) is -0.924. The van der Waals surface area contributed by atoms with Gasteiger partial charge >= 0.3 is 0 Å². The lowest BCUT2D eigenvalue weighted by molar-refractivity contribution is -0.354. The molecule has 0 unspecified atom stereocenters. The van der Waals surface area contributed by atoms with Crippen molar-refractivity contribution in [1.82, 2.24) is 0 Å². The monoisotopic (exact) mass is 610 g/mol. The highest BCUT2D eigenvalue weighted by atomic mass is 16.8. The van der Waals surface area contributed by atoms with Crippen LogP contribution in [0.2, 0.25) is 0 Å². The number of phenols is 2. The summed E-state index contributed by atoms with van der Waals surface area (Å²) in [7, 11) is 1.41. The molecule has 2 aromatic rings. The standard InChI is InChI=1S/C28H34O15/c1-10-21(33)23(35)25(37)27(39-10)43-26-24(36)22(34)19(9-29)42-28(26)40-14-6-15(31)20-16(32)8-17(41-18(20)7-14)11-3-12(30)5-13(4-11)38-2/h3-7,10,17,19,21-31,33-37H,8-9H2,1-2H3/t10-,17+,19+,21-,22+,23-,24-,25+,26+,27+,28+/m1/s1. The van der Waals surface area contributed by atoms with E-state index in [4.69, 9.17) is 28.4 Å². The molecule has 3 aliphatic heterocycles. The lowest BCUT2D eigenvalue weighted by atomic mass is 9.95. The van der Waals surface area contributed by atoms with Crippen LogP contribution < -0.4 is 14.2 Å². The topological polar surface area (TPSA) is 234 Å². The van der Waals surface area contributed by atoms with Crippen LogP contribution >= 0.6 is 0 Å². The number of aliphatic hydroxyl groups excluding tert-OH is 6. The van der Waals surface area contributed by atoms with E-state index in [0.717, 1.165) is 6.07 Å². The van der Waals surface area contributed by atoms with Crippen LogP contribution in [-0.4, -0.2) is 122 Å². The van der Waals surface area contributed by atoms with Gasteiger partial charge in [0, 0.05) is 23.8 Å². The number of carbonyl (C=O) groups excluding carboxylic acids is 1. The first kappa shape index (κ1) is 31.2. The molecule has 2 aromatic carbocycles. The quantitative estimate of drug-likeness (QED) is 0.185. The molecule has 0 amide bonds. The number of hydrogen-bond acceptors (Lipinski definition) is 15. The van der Waals surface area contributed by atoms with Crippen molar-refractivity contribution in [2.24, 2.45) is 0 Å². The zero-order chi connectivity index (χ0) is 31.2. The molecule has 11 atom stereocenters. The summed E-state index contributed by atoms with van der Waals surface area (Å²) < 4.78 is 33.8. The van der Waals surface area contributed by atoms with Crippen LogP contribution in [0.3, 0.4) is 0 Å². The number of ketones is 1. The van der Waals surface area contributed by atoms with E-state index in [9.17, 15) is 45.6 Å². The zero-order valence-corrected chi connectivity index (χ0v) is 23.1. The minimum atomic E-state index is -1.76. The third-order valence-electron chi connectivity index (χ3n) is 7.67. The Labute approximate surface area is 245 Å². The third-order valence-corrected chi connectivity index (χ3v) is 7.67. The van der Waals surface area contributed by atoms with Crippen LogP contribution in [0.15, 0.2) is 30.3 Å². The fraction of sp³-hybridized carbons (Fsp3) is 0.536. The molecule has 2 saturated heterocycles. The van der Waals surface area contributed by atoms with Crippen molar-refractivity contribution in [2.75, 3.05) is 13.7 Å². The summed E-state index contributed by atoms with van der Waals surface area (Å²) in [4.78, 5) is 13.0. The number of carbonyl (C=O) groups is 1. The second-order valence-corrected chi connectivity index (χ2v) is 10.6.